The predicted molar refractivity (Wildman–Crippen MR) is 189 cm³/mol. The molecule has 0 aromatic rings. The second-order valence-electron chi connectivity index (χ2n) is 18.2. The Bertz CT molecular complexity index is 1370. The third kappa shape index (κ3) is 7.38. The molecule has 10 N–H and O–H groups in total. The van der Waals surface area contributed by atoms with Crippen LogP contribution in [0.2, 0.25) is 0 Å². The number of aliphatic hydroxyl groups is 10. The Labute approximate surface area is 322 Å². The second kappa shape index (κ2) is 15.9. The first kappa shape index (κ1) is 42.2. The van der Waals surface area contributed by atoms with Gasteiger partial charge in [-0.1, -0.05) is 25.5 Å². The summed E-state index contributed by atoms with van der Waals surface area (Å²) in [6.45, 7) is 8.94. The van der Waals surface area contributed by atoms with Crippen LogP contribution in [-0.4, -0.2) is 168 Å². The topological polar surface area (TPSA) is 258 Å². The van der Waals surface area contributed by atoms with Gasteiger partial charge in [0.25, 0.3) is 0 Å². The van der Waals surface area contributed by atoms with E-state index in [0.717, 1.165) is 25.7 Å². The zero-order chi connectivity index (χ0) is 39.9. The molecule has 4 aliphatic carbocycles. The molecule has 0 bridgehead atoms. The van der Waals surface area contributed by atoms with E-state index in [2.05, 4.69) is 19.9 Å². The van der Waals surface area contributed by atoms with Crippen molar-refractivity contribution in [2.75, 3.05) is 6.61 Å². The van der Waals surface area contributed by atoms with Crippen molar-refractivity contribution in [1.29, 1.82) is 0 Å². The Morgan fingerprint density at radius 2 is 1.36 bits per heavy atom. The van der Waals surface area contributed by atoms with E-state index in [1.165, 1.54) is 19.4 Å². The van der Waals surface area contributed by atoms with Gasteiger partial charge in [0.05, 0.1) is 37.1 Å². The van der Waals surface area contributed by atoms with Gasteiger partial charge in [-0.2, -0.15) is 0 Å². The largest absolute Gasteiger partial charge is 0.393 e. The lowest BCUT2D eigenvalue weighted by molar-refractivity contribution is -0.374. The summed E-state index contributed by atoms with van der Waals surface area (Å²) in [4.78, 5) is 0. The Kier molecular flexibility index (Phi) is 12.2. The number of hydrogen-bond donors (Lipinski definition) is 10. The van der Waals surface area contributed by atoms with Gasteiger partial charge in [-0.3, -0.25) is 0 Å². The molecule has 0 aromatic heterocycles. The molecular weight excluding hydrogens is 724 g/mol. The monoisotopic (exact) mass is 788 g/mol. The molecule has 7 rings (SSSR count). The summed E-state index contributed by atoms with van der Waals surface area (Å²) in [5, 5.41) is 107. The molecule has 3 heterocycles. The van der Waals surface area contributed by atoms with Crippen LogP contribution in [0.25, 0.3) is 0 Å². The zero-order valence-electron chi connectivity index (χ0n) is 32.4. The first-order valence-corrected chi connectivity index (χ1v) is 20.3. The maximum absolute atomic E-state index is 11.5. The van der Waals surface area contributed by atoms with Crippen LogP contribution in [-0.2, 0) is 28.4 Å². The quantitative estimate of drug-likeness (QED) is 0.130. The first-order valence-electron chi connectivity index (χ1n) is 20.3. The van der Waals surface area contributed by atoms with Gasteiger partial charge in [-0.05, 0) is 94.3 Å². The van der Waals surface area contributed by atoms with E-state index in [0.29, 0.717) is 37.0 Å². The predicted octanol–water partition coefficient (Wildman–Crippen LogP) is -1.19. The highest BCUT2D eigenvalue weighted by Gasteiger charge is 2.62. The summed E-state index contributed by atoms with van der Waals surface area (Å²) >= 11 is 0. The third-order valence-electron chi connectivity index (χ3n) is 15.0. The van der Waals surface area contributed by atoms with Crippen molar-refractivity contribution in [3.8, 4) is 0 Å². The van der Waals surface area contributed by atoms with Gasteiger partial charge < -0.3 is 79.5 Å². The van der Waals surface area contributed by atoms with Crippen molar-refractivity contribution < 1.29 is 79.5 Å². The maximum atomic E-state index is 11.5. The summed E-state index contributed by atoms with van der Waals surface area (Å²) < 4.78 is 35.8. The van der Waals surface area contributed by atoms with Crippen LogP contribution in [0.1, 0.15) is 79.6 Å². The molecule has 55 heavy (non-hydrogen) atoms. The number of fused-ring (bicyclic) bond motifs is 5. The average molecular weight is 789 g/mol. The fourth-order valence-corrected chi connectivity index (χ4v) is 11.8. The maximum Gasteiger partial charge on any atom is 0.187 e. The van der Waals surface area contributed by atoms with E-state index in [9.17, 15) is 51.1 Å². The van der Waals surface area contributed by atoms with E-state index in [1.807, 2.05) is 0 Å². The molecule has 0 unspecified atom stereocenters. The number of hydrogen-bond acceptors (Lipinski definition) is 16. The van der Waals surface area contributed by atoms with Crippen molar-refractivity contribution in [2.24, 2.45) is 34.5 Å². The van der Waals surface area contributed by atoms with Gasteiger partial charge in [0.15, 0.2) is 18.9 Å². The SMILES string of the molecule is C[C@H](O)[C@H]1[C@H](O)C[C@H]2[C@@H]3CC=C4C[C@@H](O[C@@H]5O[C@H](CO[C@@H]6O[C@@H](C)[C@H](O)[C@@H](O)[C@H]6O)[C@@H](O)[C@H](O)[C@H]5O[C@@H]5O[C@@H](C)[C@H](O)[C@@H](O)[C@H]5O)CC[C@]4(C)[C@H]3CC[C@]12C. The second-order valence-corrected chi connectivity index (χ2v) is 18.2. The highest BCUT2D eigenvalue weighted by Crippen LogP contribution is 2.66. The lowest BCUT2D eigenvalue weighted by atomic mass is 9.47. The summed E-state index contributed by atoms with van der Waals surface area (Å²) in [5.41, 5.74) is 1.04. The van der Waals surface area contributed by atoms with Crippen molar-refractivity contribution >= 4 is 0 Å². The van der Waals surface area contributed by atoms with Crippen molar-refractivity contribution in [3.05, 3.63) is 11.6 Å². The molecule has 0 radical (unpaired) electrons. The smallest absolute Gasteiger partial charge is 0.187 e. The molecule has 3 aliphatic heterocycles. The van der Waals surface area contributed by atoms with E-state index >= 15 is 0 Å². The number of allylic oxidation sites excluding steroid dienone is 1. The summed E-state index contributed by atoms with van der Waals surface area (Å²) in [6, 6.07) is 0. The molecule has 24 atom stereocenters. The minimum atomic E-state index is -1.70. The molecule has 16 nitrogen and oxygen atoms in total. The highest BCUT2D eigenvalue weighted by atomic mass is 16.8. The van der Waals surface area contributed by atoms with Gasteiger partial charge >= 0.3 is 0 Å². The minimum absolute atomic E-state index is 0.101. The van der Waals surface area contributed by atoms with Crippen LogP contribution in [0.15, 0.2) is 11.6 Å². The van der Waals surface area contributed by atoms with Crippen LogP contribution >= 0.6 is 0 Å². The van der Waals surface area contributed by atoms with Crippen LogP contribution in [0, 0.1) is 34.5 Å². The Hall–Kier alpha value is -0.900. The normalized spacial score (nSPS) is 56.2. The number of aliphatic hydroxyl groups excluding tert-OH is 10. The molecule has 0 amide bonds. The van der Waals surface area contributed by atoms with E-state index in [-0.39, 0.29) is 16.7 Å². The van der Waals surface area contributed by atoms with Gasteiger partial charge in [-0.25, -0.2) is 0 Å². The Morgan fingerprint density at radius 1 is 0.727 bits per heavy atom. The van der Waals surface area contributed by atoms with Crippen LogP contribution in [0.4, 0.5) is 0 Å². The van der Waals surface area contributed by atoms with Gasteiger partial charge in [0, 0.05) is 5.92 Å². The van der Waals surface area contributed by atoms with Crippen molar-refractivity contribution in [1.82, 2.24) is 0 Å². The van der Waals surface area contributed by atoms with Crippen LogP contribution in [0.3, 0.4) is 0 Å². The van der Waals surface area contributed by atoms with Crippen molar-refractivity contribution in [3.63, 3.8) is 0 Å². The van der Waals surface area contributed by atoms with Crippen LogP contribution in [0.5, 0.6) is 0 Å². The molecule has 3 saturated heterocycles. The molecule has 16 heteroatoms. The number of rotatable bonds is 8. The van der Waals surface area contributed by atoms with Gasteiger partial charge in [-0.15, -0.1) is 0 Å². The lowest BCUT2D eigenvalue weighted by Crippen LogP contribution is -2.65. The lowest BCUT2D eigenvalue weighted by Gasteiger charge is -2.58. The molecule has 0 spiro atoms. The first-order chi connectivity index (χ1) is 25.9. The van der Waals surface area contributed by atoms with E-state index in [1.54, 1.807) is 6.92 Å². The minimum Gasteiger partial charge on any atom is -0.393 e. The third-order valence-corrected chi connectivity index (χ3v) is 15.0. The highest BCUT2D eigenvalue weighted by molar-refractivity contribution is 5.26. The molecule has 7 aliphatic rings. The Morgan fingerprint density at radius 3 is 2.02 bits per heavy atom. The molecule has 316 valence electrons. The fourth-order valence-electron chi connectivity index (χ4n) is 11.8. The van der Waals surface area contributed by atoms with Gasteiger partial charge in [0.1, 0.15) is 61.0 Å². The molecule has 0 aromatic carbocycles. The summed E-state index contributed by atoms with van der Waals surface area (Å²) in [5.74, 6) is 0.953. The zero-order valence-corrected chi connectivity index (χ0v) is 32.4. The Balaban J connectivity index is 1.08. The fraction of sp³-hybridized carbons (Fsp3) is 0.949. The van der Waals surface area contributed by atoms with Crippen molar-refractivity contribution in [2.45, 2.75) is 190 Å². The van der Waals surface area contributed by atoms with Crippen LogP contribution < -0.4 is 0 Å². The van der Waals surface area contributed by atoms with Gasteiger partial charge in [0.2, 0.25) is 0 Å². The molecular formula is C39H64O16. The summed E-state index contributed by atoms with van der Waals surface area (Å²) in [7, 11) is 0. The standard InChI is InChI=1S/C39H64O16/c1-15(40)25-23(41)13-22-20-7-6-18-12-19(8-10-38(18,4)21(20)9-11-39(22,25)5)53-37-34(55-36-33(49)30(46)27(43)17(3)52-36)31(47)28(44)24(54-37)14-50-35-32(48)29(45)26(42)16(2)51-35/h6,15-17,19-37,40-49H,7-14H2,1-5H3/t15-,16-,17-,19-,20+,21-,22-,23+,24+,25-,26-,27-,28+,29+,30+,31-,32+,33+,34+,35+,36-,37+,38-,39-/m0/s1. The molecule has 6 fully saturated rings. The number of ether oxygens (including phenoxy) is 6. The summed E-state index contributed by atoms with van der Waals surface area (Å²) in [6.07, 6.45) is -14.9. The van der Waals surface area contributed by atoms with E-state index < -0.39 is 117 Å². The molecule has 3 saturated carbocycles. The average Bonchev–Trinajstić information content (AvgIpc) is 3.42. The van der Waals surface area contributed by atoms with E-state index in [4.69, 9.17) is 28.4 Å².